The number of rotatable bonds is 3. The Morgan fingerprint density at radius 2 is 1.00 bits per heavy atom. The van der Waals surface area contributed by atoms with Gasteiger partial charge >= 0.3 is 0 Å². The van der Waals surface area contributed by atoms with Crippen LogP contribution in [0.5, 0.6) is 0 Å². The molecule has 2 radical (unpaired) electrons. The van der Waals surface area contributed by atoms with Crippen LogP contribution in [0.25, 0.3) is 0 Å². The van der Waals surface area contributed by atoms with Gasteiger partial charge in [0.05, 0.1) is 0 Å². The van der Waals surface area contributed by atoms with E-state index in [1.165, 1.54) is 25.7 Å². The molecule has 0 nitrogen and oxygen atoms in total. The Morgan fingerprint density at radius 3 is 1.12 bits per heavy atom. The molecular formula is C6H14Li2. The zero-order valence-corrected chi connectivity index (χ0v) is 6.83. The molecule has 0 aliphatic carbocycles. The van der Waals surface area contributed by atoms with Gasteiger partial charge in [-0.05, 0) is 0 Å². The van der Waals surface area contributed by atoms with Gasteiger partial charge in [-0.3, -0.25) is 0 Å². The van der Waals surface area contributed by atoms with Gasteiger partial charge in [0, 0.05) is 37.7 Å². The van der Waals surface area contributed by atoms with E-state index in [0.29, 0.717) is 0 Å². The molecule has 0 atom stereocenters. The van der Waals surface area contributed by atoms with E-state index in [9.17, 15) is 0 Å². The van der Waals surface area contributed by atoms with Gasteiger partial charge in [-0.15, -0.1) is 0 Å². The first-order valence-corrected chi connectivity index (χ1v) is 2.91. The molecule has 40 valence electrons. The zero-order chi connectivity index (χ0) is 4.83. The molecule has 0 unspecified atom stereocenters. The Hall–Kier alpha value is 1.19. The van der Waals surface area contributed by atoms with Crippen molar-refractivity contribution in [1.29, 1.82) is 0 Å². The summed E-state index contributed by atoms with van der Waals surface area (Å²) in [6.45, 7) is 4.46. The Bertz CT molecular complexity index is 18.5. The maximum atomic E-state index is 2.23. The van der Waals surface area contributed by atoms with Gasteiger partial charge in [0.1, 0.15) is 0 Å². The fourth-order valence-electron chi connectivity index (χ4n) is 0.500. The van der Waals surface area contributed by atoms with E-state index < -0.39 is 0 Å². The van der Waals surface area contributed by atoms with Crippen molar-refractivity contribution in [1.82, 2.24) is 0 Å². The quantitative estimate of drug-likeness (QED) is 0.375. The monoisotopic (exact) mass is 100 g/mol. The summed E-state index contributed by atoms with van der Waals surface area (Å²) in [7, 11) is 0. The summed E-state index contributed by atoms with van der Waals surface area (Å²) in [5, 5.41) is 0. The molecule has 0 rings (SSSR count). The van der Waals surface area contributed by atoms with Gasteiger partial charge in [0.15, 0.2) is 0 Å². The Kier molecular flexibility index (Phi) is 31.6. The van der Waals surface area contributed by atoms with Crippen LogP contribution in [0.15, 0.2) is 0 Å². The van der Waals surface area contributed by atoms with Crippen LogP contribution < -0.4 is 0 Å². The predicted octanol–water partition coefficient (Wildman–Crippen LogP) is 1.82. The average Bonchev–Trinajstić information content (AvgIpc) is 1.61. The minimum atomic E-state index is 0. The smallest absolute Gasteiger partial charge is 0 e. The molecule has 0 N–H and O–H groups in total. The molecule has 0 saturated carbocycles. The summed E-state index contributed by atoms with van der Waals surface area (Å²) in [4.78, 5) is 0. The molecule has 0 fully saturated rings. The molecule has 0 heterocycles. The summed E-state index contributed by atoms with van der Waals surface area (Å²) in [5.74, 6) is 0. The second-order valence-electron chi connectivity index (χ2n) is 1.71. The summed E-state index contributed by atoms with van der Waals surface area (Å²) in [6, 6.07) is 0. The summed E-state index contributed by atoms with van der Waals surface area (Å²) < 4.78 is 0. The van der Waals surface area contributed by atoms with Crippen LogP contribution in [0.4, 0.5) is 0 Å². The molecule has 0 bridgehead atoms. The first kappa shape index (κ1) is 16.1. The third kappa shape index (κ3) is 15.7. The van der Waals surface area contributed by atoms with Gasteiger partial charge in [-0.25, -0.2) is 0 Å². The van der Waals surface area contributed by atoms with Crippen LogP contribution >= 0.6 is 0 Å². The van der Waals surface area contributed by atoms with Crippen LogP contribution in [0.3, 0.4) is 0 Å². The Morgan fingerprint density at radius 1 is 0.750 bits per heavy atom. The summed E-state index contributed by atoms with van der Waals surface area (Å²) in [5.41, 5.74) is 0. The van der Waals surface area contributed by atoms with Crippen LogP contribution in [-0.2, 0) is 0 Å². The largest absolute Gasteiger partial charge is 0.0654 e. The van der Waals surface area contributed by atoms with Crippen LogP contribution in [0.1, 0.15) is 39.5 Å². The normalized spacial score (nSPS) is 6.75. The standard InChI is InChI=1S/C6H14.2Li/c1-3-5-6-4-2;;/h3-6H2,1-2H3;;. The zero-order valence-electron chi connectivity index (χ0n) is 6.83. The van der Waals surface area contributed by atoms with Gasteiger partial charge in [0.25, 0.3) is 0 Å². The van der Waals surface area contributed by atoms with E-state index in [4.69, 9.17) is 0 Å². The number of hydrogen-bond donors (Lipinski definition) is 0. The van der Waals surface area contributed by atoms with Crippen LogP contribution in [0.2, 0.25) is 0 Å². The van der Waals surface area contributed by atoms with Gasteiger partial charge in [0.2, 0.25) is 0 Å². The molecule has 8 heavy (non-hydrogen) atoms. The molecule has 0 aromatic carbocycles. The maximum absolute atomic E-state index is 2.23. The molecular weight excluding hydrogens is 85.9 g/mol. The van der Waals surface area contributed by atoms with Crippen molar-refractivity contribution in [3.05, 3.63) is 0 Å². The topological polar surface area (TPSA) is 0 Å². The van der Waals surface area contributed by atoms with Gasteiger partial charge in [-0.2, -0.15) is 0 Å². The summed E-state index contributed by atoms with van der Waals surface area (Å²) in [6.07, 6.45) is 5.54. The fraction of sp³-hybridized carbons (Fsp3) is 1.00. The molecule has 0 amide bonds. The molecule has 2 heteroatoms. The Labute approximate surface area is 77.2 Å². The second-order valence-corrected chi connectivity index (χ2v) is 1.71. The van der Waals surface area contributed by atoms with E-state index >= 15 is 0 Å². The van der Waals surface area contributed by atoms with Crippen molar-refractivity contribution in [2.75, 3.05) is 0 Å². The summed E-state index contributed by atoms with van der Waals surface area (Å²) >= 11 is 0. The first-order valence-electron chi connectivity index (χ1n) is 2.91. The molecule has 0 aromatic rings. The second kappa shape index (κ2) is 15.7. The molecule has 0 aliphatic rings. The third-order valence-corrected chi connectivity index (χ3v) is 0.957. The van der Waals surface area contributed by atoms with Gasteiger partial charge in [-0.1, -0.05) is 39.5 Å². The van der Waals surface area contributed by atoms with Crippen molar-refractivity contribution < 1.29 is 0 Å². The van der Waals surface area contributed by atoms with Crippen molar-refractivity contribution >= 4 is 37.7 Å². The third-order valence-electron chi connectivity index (χ3n) is 0.957. The SMILES string of the molecule is CCCCCC.[Li].[Li]. The fourth-order valence-corrected chi connectivity index (χ4v) is 0.500. The maximum Gasteiger partial charge on any atom is 0 e. The van der Waals surface area contributed by atoms with Crippen molar-refractivity contribution in [2.45, 2.75) is 39.5 Å². The minimum Gasteiger partial charge on any atom is -0.0654 e. The van der Waals surface area contributed by atoms with E-state index in [1.807, 2.05) is 0 Å². The number of hydrogen-bond acceptors (Lipinski definition) is 0. The first-order chi connectivity index (χ1) is 2.91. The molecule has 0 saturated heterocycles. The van der Waals surface area contributed by atoms with E-state index in [-0.39, 0.29) is 37.7 Å². The van der Waals surface area contributed by atoms with Gasteiger partial charge < -0.3 is 0 Å². The van der Waals surface area contributed by atoms with Crippen molar-refractivity contribution in [2.24, 2.45) is 0 Å². The van der Waals surface area contributed by atoms with Crippen LogP contribution in [-0.4, -0.2) is 37.7 Å². The van der Waals surface area contributed by atoms with Crippen molar-refractivity contribution in [3.8, 4) is 0 Å². The van der Waals surface area contributed by atoms with Crippen molar-refractivity contribution in [3.63, 3.8) is 0 Å². The average molecular weight is 100 g/mol. The van der Waals surface area contributed by atoms with E-state index in [2.05, 4.69) is 13.8 Å². The molecule has 0 aliphatic heterocycles. The predicted molar refractivity (Wildman–Crippen MR) is 41.3 cm³/mol. The number of unbranched alkanes of at least 4 members (excludes halogenated alkanes) is 3. The Balaban J connectivity index is -0.000000125. The van der Waals surface area contributed by atoms with Crippen LogP contribution in [0, 0.1) is 0 Å². The van der Waals surface area contributed by atoms with E-state index in [1.54, 1.807) is 0 Å². The molecule has 0 aromatic heterocycles. The van der Waals surface area contributed by atoms with E-state index in [0.717, 1.165) is 0 Å². The molecule has 0 spiro atoms. The minimum absolute atomic E-state index is 0.